The van der Waals surface area contributed by atoms with Crippen molar-refractivity contribution in [1.82, 2.24) is 9.88 Å². The van der Waals surface area contributed by atoms with Crippen LogP contribution in [0.4, 0.5) is 5.69 Å². The molecule has 2 N–H and O–H groups in total. The minimum absolute atomic E-state index is 0.0426. The third kappa shape index (κ3) is 4.53. The summed E-state index contributed by atoms with van der Waals surface area (Å²) in [5.74, 6) is 0.535. The Morgan fingerprint density at radius 2 is 2.04 bits per heavy atom. The second kappa shape index (κ2) is 8.58. The van der Waals surface area contributed by atoms with E-state index in [1.165, 1.54) is 19.3 Å². The van der Waals surface area contributed by atoms with Gasteiger partial charge in [-0.2, -0.15) is 0 Å². The highest BCUT2D eigenvalue weighted by molar-refractivity contribution is 6.35. The molecular weight excluding hydrogens is 372 g/mol. The van der Waals surface area contributed by atoms with Crippen molar-refractivity contribution in [2.45, 2.75) is 51.5 Å². The fourth-order valence-electron chi connectivity index (χ4n) is 4.36. The summed E-state index contributed by atoms with van der Waals surface area (Å²) >= 11 is 6.41. The van der Waals surface area contributed by atoms with Crippen LogP contribution in [-0.4, -0.2) is 34.6 Å². The van der Waals surface area contributed by atoms with Crippen LogP contribution in [0.2, 0.25) is 5.02 Å². The lowest BCUT2D eigenvalue weighted by molar-refractivity contribution is -0.117. The van der Waals surface area contributed by atoms with Crippen LogP contribution in [0, 0.1) is 11.3 Å². The first kappa shape index (κ1) is 19.3. The Morgan fingerprint density at radius 1 is 1.21 bits per heavy atom. The summed E-state index contributed by atoms with van der Waals surface area (Å²) in [4.78, 5) is 19.6. The number of fused-ring (bicyclic) bond motifs is 1. The molecule has 0 bridgehead atoms. The Morgan fingerprint density at radius 3 is 2.79 bits per heavy atom. The first-order valence-corrected chi connectivity index (χ1v) is 10.6. The van der Waals surface area contributed by atoms with Crippen molar-refractivity contribution in [1.29, 1.82) is 5.41 Å². The SMILES string of the molecule is N=C1CCN(Cc2ccc3c(NC(=O)CC4CCCCC4)c(Cl)ccc3n2)C1. The molecule has 1 aliphatic heterocycles. The maximum atomic E-state index is 12.6. The van der Waals surface area contributed by atoms with Gasteiger partial charge in [0.05, 0.1) is 21.9 Å². The van der Waals surface area contributed by atoms with Crippen LogP contribution >= 0.6 is 11.6 Å². The lowest BCUT2D eigenvalue weighted by Crippen LogP contribution is -2.20. The Balaban J connectivity index is 1.50. The van der Waals surface area contributed by atoms with Crippen LogP contribution in [0.5, 0.6) is 0 Å². The van der Waals surface area contributed by atoms with E-state index >= 15 is 0 Å². The minimum Gasteiger partial charge on any atom is -0.324 e. The van der Waals surface area contributed by atoms with Crippen molar-refractivity contribution in [3.63, 3.8) is 0 Å². The van der Waals surface area contributed by atoms with Crippen LogP contribution < -0.4 is 5.32 Å². The number of aromatic nitrogens is 1. The number of rotatable bonds is 5. The lowest BCUT2D eigenvalue weighted by atomic mass is 9.87. The zero-order valence-corrected chi connectivity index (χ0v) is 16.9. The van der Waals surface area contributed by atoms with Crippen LogP contribution in [0.3, 0.4) is 0 Å². The second-order valence-corrected chi connectivity index (χ2v) is 8.52. The highest BCUT2D eigenvalue weighted by atomic mass is 35.5. The summed E-state index contributed by atoms with van der Waals surface area (Å²) in [5.41, 5.74) is 3.27. The van der Waals surface area contributed by atoms with E-state index in [9.17, 15) is 4.79 Å². The fraction of sp³-hybridized carbons (Fsp3) is 0.500. The van der Waals surface area contributed by atoms with Gasteiger partial charge in [0.2, 0.25) is 5.91 Å². The molecule has 2 heterocycles. The van der Waals surface area contributed by atoms with E-state index in [0.717, 1.165) is 61.2 Å². The van der Waals surface area contributed by atoms with Crippen molar-refractivity contribution in [3.8, 4) is 0 Å². The third-order valence-corrected chi connectivity index (χ3v) is 6.19. The average molecular weight is 399 g/mol. The highest BCUT2D eigenvalue weighted by Crippen LogP contribution is 2.32. The minimum atomic E-state index is 0.0426. The number of amides is 1. The molecule has 1 aromatic heterocycles. The molecule has 5 nitrogen and oxygen atoms in total. The van der Waals surface area contributed by atoms with Crippen molar-refractivity contribution >= 4 is 39.8 Å². The molecule has 0 unspecified atom stereocenters. The monoisotopic (exact) mass is 398 g/mol. The average Bonchev–Trinajstić information content (AvgIpc) is 3.09. The van der Waals surface area contributed by atoms with Crippen molar-refractivity contribution in [2.75, 3.05) is 18.4 Å². The van der Waals surface area contributed by atoms with Crippen LogP contribution in [0.15, 0.2) is 24.3 Å². The summed E-state index contributed by atoms with van der Waals surface area (Å²) in [7, 11) is 0. The largest absolute Gasteiger partial charge is 0.324 e. The summed E-state index contributed by atoms with van der Waals surface area (Å²) < 4.78 is 0. The first-order chi connectivity index (χ1) is 13.6. The molecule has 1 aromatic carbocycles. The molecule has 2 fully saturated rings. The number of nitrogens with one attached hydrogen (secondary N) is 2. The van der Waals surface area contributed by atoms with E-state index in [2.05, 4.69) is 10.2 Å². The molecular formula is C22H27ClN4O. The van der Waals surface area contributed by atoms with E-state index in [1.807, 2.05) is 24.3 Å². The van der Waals surface area contributed by atoms with E-state index in [0.29, 0.717) is 23.0 Å². The zero-order chi connectivity index (χ0) is 19.5. The van der Waals surface area contributed by atoms with Gasteiger partial charge in [-0.15, -0.1) is 0 Å². The third-order valence-electron chi connectivity index (χ3n) is 5.87. The molecule has 0 radical (unpaired) electrons. The van der Waals surface area contributed by atoms with Crippen LogP contribution in [-0.2, 0) is 11.3 Å². The molecule has 4 rings (SSSR count). The Bertz CT molecular complexity index is 891. The summed E-state index contributed by atoms with van der Waals surface area (Å²) in [6.45, 7) is 2.38. The molecule has 1 aliphatic carbocycles. The van der Waals surface area contributed by atoms with Gasteiger partial charge < -0.3 is 10.7 Å². The Kier molecular flexibility index (Phi) is 5.93. The number of hydrogen-bond donors (Lipinski definition) is 2. The number of halogens is 1. The molecule has 28 heavy (non-hydrogen) atoms. The first-order valence-electron chi connectivity index (χ1n) is 10.2. The summed E-state index contributed by atoms with van der Waals surface area (Å²) in [5, 5.41) is 12.2. The molecule has 0 spiro atoms. The lowest BCUT2D eigenvalue weighted by Gasteiger charge is -2.21. The van der Waals surface area contributed by atoms with Gasteiger partial charge >= 0.3 is 0 Å². The fourth-order valence-corrected chi connectivity index (χ4v) is 4.58. The molecule has 6 heteroatoms. The number of carbonyl (C=O) groups excluding carboxylic acids is 1. The molecule has 148 valence electrons. The van der Waals surface area contributed by atoms with Crippen molar-refractivity contribution in [2.24, 2.45) is 5.92 Å². The maximum absolute atomic E-state index is 12.6. The van der Waals surface area contributed by atoms with Gasteiger partial charge in [-0.3, -0.25) is 14.7 Å². The predicted octanol–water partition coefficient (Wildman–Crippen LogP) is 5.02. The topological polar surface area (TPSA) is 69.1 Å². The number of likely N-dealkylation sites (tertiary alicyclic amines) is 1. The molecule has 2 aliphatic rings. The molecule has 2 aromatic rings. The molecule has 0 atom stereocenters. The predicted molar refractivity (Wildman–Crippen MR) is 114 cm³/mol. The maximum Gasteiger partial charge on any atom is 0.224 e. The van der Waals surface area contributed by atoms with Crippen molar-refractivity contribution in [3.05, 3.63) is 35.0 Å². The Labute approximate surface area is 171 Å². The number of nitrogens with zero attached hydrogens (tertiary/aromatic N) is 2. The normalized spacial score (nSPS) is 18.7. The number of pyridine rings is 1. The van der Waals surface area contributed by atoms with Crippen LogP contribution in [0.25, 0.3) is 10.9 Å². The number of hydrogen-bond acceptors (Lipinski definition) is 4. The number of benzene rings is 1. The van der Waals surface area contributed by atoms with Gasteiger partial charge in [0, 0.05) is 37.2 Å². The van der Waals surface area contributed by atoms with E-state index in [-0.39, 0.29) is 5.91 Å². The molecule has 1 saturated heterocycles. The molecule has 1 saturated carbocycles. The van der Waals surface area contributed by atoms with Crippen LogP contribution in [0.1, 0.15) is 50.6 Å². The smallest absolute Gasteiger partial charge is 0.224 e. The quantitative estimate of drug-likeness (QED) is 0.742. The van der Waals surface area contributed by atoms with Gasteiger partial charge in [0.1, 0.15) is 0 Å². The Hall–Kier alpha value is -1.98. The van der Waals surface area contributed by atoms with Crippen molar-refractivity contribution < 1.29 is 4.79 Å². The van der Waals surface area contributed by atoms with Gasteiger partial charge in [0.25, 0.3) is 0 Å². The van der Waals surface area contributed by atoms with Gasteiger partial charge in [0.15, 0.2) is 0 Å². The molecule has 1 amide bonds. The number of carbonyl (C=O) groups is 1. The second-order valence-electron chi connectivity index (χ2n) is 8.11. The highest BCUT2D eigenvalue weighted by Gasteiger charge is 2.20. The van der Waals surface area contributed by atoms with Gasteiger partial charge in [-0.25, -0.2) is 0 Å². The zero-order valence-electron chi connectivity index (χ0n) is 16.1. The summed E-state index contributed by atoms with van der Waals surface area (Å²) in [6.07, 6.45) is 7.47. The van der Waals surface area contributed by atoms with E-state index < -0.39 is 0 Å². The van der Waals surface area contributed by atoms with E-state index in [1.54, 1.807) is 0 Å². The standard InChI is InChI=1S/C22H27ClN4O/c23-19-8-9-20-18(7-6-17(25-20)14-27-11-10-16(24)13-27)22(19)26-21(28)12-15-4-2-1-3-5-15/h6-9,15,24H,1-5,10-14H2,(H,26,28). The van der Waals surface area contributed by atoms with Gasteiger partial charge in [-0.1, -0.05) is 30.9 Å². The van der Waals surface area contributed by atoms with E-state index in [4.69, 9.17) is 22.0 Å². The van der Waals surface area contributed by atoms with Gasteiger partial charge in [-0.05, 0) is 49.4 Å². The summed E-state index contributed by atoms with van der Waals surface area (Å²) in [6, 6.07) is 7.71. The number of anilines is 1.